The van der Waals surface area contributed by atoms with Crippen LogP contribution in [-0.4, -0.2) is 28.2 Å². The van der Waals surface area contributed by atoms with Crippen LogP contribution < -0.4 is 11.1 Å². The zero-order chi connectivity index (χ0) is 9.68. The van der Waals surface area contributed by atoms with Crippen LogP contribution in [0.2, 0.25) is 0 Å². The summed E-state index contributed by atoms with van der Waals surface area (Å²) in [6, 6.07) is 0. The van der Waals surface area contributed by atoms with E-state index < -0.39 is 0 Å². The molecule has 0 amide bonds. The van der Waals surface area contributed by atoms with Crippen LogP contribution in [0.1, 0.15) is 12.0 Å². The lowest BCUT2D eigenvalue weighted by molar-refractivity contribution is 0.292. The zero-order valence-electron chi connectivity index (χ0n) is 7.62. The lowest BCUT2D eigenvalue weighted by atomic mass is 10.3. The second-order valence-electron chi connectivity index (χ2n) is 2.76. The normalized spacial score (nSPS) is 10.0. The summed E-state index contributed by atoms with van der Waals surface area (Å²) in [6.07, 6.45) is 2.37. The molecule has 1 aromatic heterocycles. The molecule has 0 aromatic carbocycles. The van der Waals surface area contributed by atoms with E-state index in [4.69, 9.17) is 10.8 Å². The summed E-state index contributed by atoms with van der Waals surface area (Å²) in [5.41, 5.74) is 6.37. The van der Waals surface area contributed by atoms with Crippen molar-refractivity contribution in [3.8, 4) is 0 Å². The first-order valence-corrected chi connectivity index (χ1v) is 4.18. The molecule has 0 fully saturated rings. The highest BCUT2D eigenvalue weighted by Crippen LogP contribution is 2.10. The third-order valence-electron chi connectivity index (χ3n) is 1.62. The maximum atomic E-state index is 8.57. The summed E-state index contributed by atoms with van der Waals surface area (Å²) < 4.78 is 0. The van der Waals surface area contributed by atoms with E-state index in [-0.39, 0.29) is 12.6 Å². The number of aliphatic hydroxyl groups excluding tert-OH is 1. The first kappa shape index (κ1) is 9.73. The van der Waals surface area contributed by atoms with Crippen molar-refractivity contribution in [2.24, 2.45) is 0 Å². The maximum Gasteiger partial charge on any atom is 0.221 e. The number of nitrogen functional groups attached to an aromatic ring is 1. The van der Waals surface area contributed by atoms with Gasteiger partial charge in [-0.15, -0.1) is 0 Å². The smallest absolute Gasteiger partial charge is 0.221 e. The molecular formula is C8H14N4O. The van der Waals surface area contributed by atoms with Gasteiger partial charge in [0.05, 0.1) is 0 Å². The van der Waals surface area contributed by atoms with E-state index in [2.05, 4.69) is 15.3 Å². The van der Waals surface area contributed by atoms with E-state index in [1.807, 2.05) is 6.92 Å². The first-order chi connectivity index (χ1) is 6.24. The van der Waals surface area contributed by atoms with Crippen molar-refractivity contribution < 1.29 is 5.11 Å². The molecule has 0 spiro atoms. The standard InChI is InChI=1S/C8H14N4O/c1-6-5-11-8(9)12-7(6)10-3-2-4-13/h5,13H,2-4H2,1H3,(H3,9,10,11,12). The summed E-state index contributed by atoms with van der Waals surface area (Å²) >= 11 is 0. The quantitative estimate of drug-likeness (QED) is 0.578. The van der Waals surface area contributed by atoms with E-state index >= 15 is 0 Å². The highest BCUT2D eigenvalue weighted by molar-refractivity contribution is 5.44. The fourth-order valence-electron chi connectivity index (χ4n) is 0.920. The molecule has 1 heterocycles. The SMILES string of the molecule is Cc1cnc(N)nc1NCCCO. The Morgan fingerprint density at radius 1 is 1.62 bits per heavy atom. The molecule has 0 atom stereocenters. The molecular weight excluding hydrogens is 168 g/mol. The van der Waals surface area contributed by atoms with Crippen molar-refractivity contribution in [1.29, 1.82) is 0 Å². The van der Waals surface area contributed by atoms with Crippen molar-refractivity contribution in [3.05, 3.63) is 11.8 Å². The number of aliphatic hydroxyl groups is 1. The Morgan fingerprint density at radius 2 is 2.38 bits per heavy atom. The van der Waals surface area contributed by atoms with E-state index in [9.17, 15) is 0 Å². The van der Waals surface area contributed by atoms with Gasteiger partial charge < -0.3 is 16.2 Å². The lowest BCUT2D eigenvalue weighted by Crippen LogP contribution is -2.08. The molecule has 72 valence electrons. The van der Waals surface area contributed by atoms with E-state index in [1.54, 1.807) is 6.20 Å². The predicted molar refractivity (Wildman–Crippen MR) is 51.4 cm³/mol. The number of nitrogens with one attached hydrogen (secondary N) is 1. The Bertz CT molecular complexity index is 277. The Kier molecular flexibility index (Phi) is 3.45. The van der Waals surface area contributed by atoms with Crippen molar-refractivity contribution in [1.82, 2.24) is 9.97 Å². The maximum absolute atomic E-state index is 8.57. The molecule has 4 N–H and O–H groups in total. The Balaban J connectivity index is 2.59. The molecule has 1 rings (SSSR count). The van der Waals surface area contributed by atoms with Gasteiger partial charge in [0.2, 0.25) is 5.95 Å². The summed E-state index contributed by atoms with van der Waals surface area (Å²) in [7, 11) is 0. The van der Waals surface area contributed by atoms with Gasteiger partial charge in [0, 0.05) is 24.9 Å². The van der Waals surface area contributed by atoms with Crippen LogP contribution in [-0.2, 0) is 0 Å². The van der Waals surface area contributed by atoms with Gasteiger partial charge in [-0.3, -0.25) is 0 Å². The minimum Gasteiger partial charge on any atom is -0.396 e. The van der Waals surface area contributed by atoms with E-state index in [0.717, 1.165) is 11.4 Å². The van der Waals surface area contributed by atoms with Crippen LogP contribution in [0.25, 0.3) is 0 Å². The highest BCUT2D eigenvalue weighted by atomic mass is 16.3. The van der Waals surface area contributed by atoms with Gasteiger partial charge in [-0.2, -0.15) is 4.98 Å². The molecule has 0 saturated heterocycles. The van der Waals surface area contributed by atoms with Gasteiger partial charge in [-0.25, -0.2) is 4.98 Å². The second kappa shape index (κ2) is 4.61. The summed E-state index contributed by atoms with van der Waals surface area (Å²) in [5, 5.41) is 11.6. The molecule has 0 radical (unpaired) electrons. The summed E-state index contributed by atoms with van der Waals surface area (Å²) in [6.45, 7) is 2.77. The highest BCUT2D eigenvalue weighted by Gasteiger charge is 1.99. The Hall–Kier alpha value is -1.36. The number of nitrogens with zero attached hydrogens (tertiary/aromatic N) is 2. The van der Waals surface area contributed by atoms with Crippen LogP contribution in [0.3, 0.4) is 0 Å². The van der Waals surface area contributed by atoms with Crippen LogP contribution in [0.4, 0.5) is 11.8 Å². The largest absolute Gasteiger partial charge is 0.396 e. The summed E-state index contributed by atoms with van der Waals surface area (Å²) in [4.78, 5) is 7.86. The van der Waals surface area contributed by atoms with Crippen molar-refractivity contribution in [3.63, 3.8) is 0 Å². The average Bonchev–Trinajstić information content (AvgIpc) is 2.11. The average molecular weight is 182 g/mol. The molecule has 0 bridgehead atoms. The number of hydrogen-bond acceptors (Lipinski definition) is 5. The number of nitrogens with two attached hydrogens (primary N) is 1. The van der Waals surface area contributed by atoms with Crippen molar-refractivity contribution >= 4 is 11.8 Å². The van der Waals surface area contributed by atoms with Crippen LogP contribution >= 0.6 is 0 Å². The number of rotatable bonds is 4. The molecule has 0 aliphatic heterocycles. The first-order valence-electron chi connectivity index (χ1n) is 4.18. The summed E-state index contributed by atoms with van der Waals surface area (Å²) in [5.74, 6) is 0.998. The fourth-order valence-corrected chi connectivity index (χ4v) is 0.920. The molecule has 5 heteroatoms. The number of aryl methyl sites for hydroxylation is 1. The van der Waals surface area contributed by atoms with Gasteiger partial charge in [0.25, 0.3) is 0 Å². The number of aromatic nitrogens is 2. The number of anilines is 2. The van der Waals surface area contributed by atoms with Crippen molar-refractivity contribution in [2.75, 3.05) is 24.2 Å². The molecule has 0 aliphatic carbocycles. The van der Waals surface area contributed by atoms with Gasteiger partial charge >= 0.3 is 0 Å². The van der Waals surface area contributed by atoms with E-state index in [0.29, 0.717) is 13.0 Å². The molecule has 0 saturated carbocycles. The molecule has 5 nitrogen and oxygen atoms in total. The molecule has 0 aliphatic rings. The third kappa shape index (κ3) is 2.87. The third-order valence-corrected chi connectivity index (χ3v) is 1.62. The predicted octanol–water partition coefficient (Wildman–Crippen LogP) is 0.162. The lowest BCUT2D eigenvalue weighted by Gasteiger charge is -2.06. The fraction of sp³-hybridized carbons (Fsp3) is 0.500. The van der Waals surface area contributed by atoms with Gasteiger partial charge in [0.15, 0.2) is 0 Å². The van der Waals surface area contributed by atoms with Crippen LogP contribution in [0.15, 0.2) is 6.20 Å². The zero-order valence-corrected chi connectivity index (χ0v) is 7.62. The Labute approximate surface area is 77.0 Å². The minimum absolute atomic E-state index is 0.173. The molecule has 13 heavy (non-hydrogen) atoms. The van der Waals surface area contributed by atoms with Gasteiger partial charge in [-0.1, -0.05) is 0 Å². The van der Waals surface area contributed by atoms with E-state index in [1.165, 1.54) is 0 Å². The van der Waals surface area contributed by atoms with Gasteiger partial charge in [0.1, 0.15) is 5.82 Å². The Morgan fingerprint density at radius 3 is 3.08 bits per heavy atom. The molecule has 0 unspecified atom stereocenters. The topological polar surface area (TPSA) is 84.1 Å². The van der Waals surface area contributed by atoms with Crippen LogP contribution in [0.5, 0.6) is 0 Å². The van der Waals surface area contributed by atoms with Crippen LogP contribution in [0, 0.1) is 6.92 Å². The minimum atomic E-state index is 0.173. The van der Waals surface area contributed by atoms with Crippen molar-refractivity contribution in [2.45, 2.75) is 13.3 Å². The van der Waals surface area contributed by atoms with Gasteiger partial charge in [-0.05, 0) is 13.3 Å². The second-order valence-corrected chi connectivity index (χ2v) is 2.76. The monoisotopic (exact) mass is 182 g/mol. The number of hydrogen-bond donors (Lipinski definition) is 3. The molecule has 1 aromatic rings.